The molecule has 0 aliphatic carbocycles. The van der Waals surface area contributed by atoms with Crippen molar-refractivity contribution in [3.63, 3.8) is 0 Å². The zero-order valence-corrected chi connectivity index (χ0v) is 9.04. The number of nitrogens with one attached hydrogen (secondary N) is 2. The molecule has 0 radical (unpaired) electrons. The molecule has 2 saturated heterocycles. The van der Waals surface area contributed by atoms with Gasteiger partial charge in [-0.3, -0.25) is 5.32 Å². The first-order chi connectivity index (χ1) is 7.27. The highest BCUT2D eigenvalue weighted by Gasteiger charge is 2.48. The third-order valence-electron chi connectivity index (χ3n) is 3.13. The van der Waals surface area contributed by atoms with Crippen LogP contribution in [0.15, 0.2) is 0 Å². The van der Waals surface area contributed by atoms with Crippen LogP contribution in [0.2, 0.25) is 0 Å². The molecule has 86 valence electrons. The summed E-state index contributed by atoms with van der Waals surface area (Å²) in [6.07, 6.45) is 1.92. The summed E-state index contributed by atoms with van der Waals surface area (Å²) >= 11 is 0. The van der Waals surface area contributed by atoms with Crippen molar-refractivity contribution in [3.05, 3.63) is 0 Å². The first-order valence-electron chi connectivity index (χ1n) is 5.41. The molecule has 15 heavy (non-hydrogen) atoms. The zero-order valence-electron chi connectivity index (χ0n) is 9.04. The van der Waals surface area contributed by atoms with Crippen LogP contribution in [0.5, 0.6) is 0 Å². The van der Waals surface area contributed by atoms with Crippen molar-refractivity contribution in [2.45, 2.75) is 24.4 Å². The van der Waals surface area contributed by atoms with Gasteiger partial charge in [-0.25, -0.2) is 4.79 Å². The molecule has 0 aromatic heterocycles. The van der Waals surface area contributed by atoms with Crippen molar-refractivity contribution in [2.75, 3.05) is 33.4 Å². The summed E-state index contributed by atoms with van der Waals surface area (Å²) in [5.74, 6) is -0.144. The van der Waals surface area contributed by atoms with Crippen LogP contribution in [0, 0.1) is 0 Å². The molecular weight excluding hydrogens is 196 g/mol. The quantitative estimate of drug-likeness (QED) is 0.477. The number of ether oxygens (including phenoxy) is 2. The molecule has 0 aromatic carbocycles. The number of methoxy groups -OCH3 is 1. The van der Waals surface area contributed by atoms with Crippen LogP contribution >= 0.6 is 0 Å². The Hall–Kier alpha value is -0.650. The van der Waals surface area contributed by atoms with E-state index in [1.165, 1.54) is 0 Å². The Bertz CT molecular complexity index is 243. The van der Waals surface area contributed by atoms with Gasteiger partial charge in [-0.2, -0.15) is 0 Å². The first-order valence-corrected chi connectivity index (χ1v) is 5.41. The predicted molar refractivity (Wildman–Crippen MR) is 54.6 cm³/mol. The van der Waals surface area contributed by atoms with Crippen molar-refractivity contribution in [3.8, 4) is 0 Å². The van der Waals surface area contributed by atoms with E-state index in [1.54, 1.807) is 7.11 Å². The molecule has 5 nitrogen and oxygen atoms in total. The number of esters is 1. The Labute approximate surface area is 89.5 Å². The number of carbonyl (C=O) groups is 1. The van der Waals surface area contributed by atoms with E-state index in [0.29, 0.717) is 25.8 Å². The van der Waals surface area contributed by atoms with Crippen molar-refractivity contribution in [1.29, 1.82) is 0 Å². The SMILES string of the molecule is COCCOC(=O)C12CCC(CNC1)N2. The molecule has 2 atom stereocenters. The minimum atomic E-state index is -0.476. The number of hydrogen-bond acceptors (Lipinski definition) is 5. The number of carbonyl (C=O) groups excluding carboxylic acids is 1. The predicted octanol–water partition coefficient (Wildman–Crippen LogP) is -0.730. The summed E-state index contributed by atoms with van der Waals surface area (Å²) in [5.41, 5.74) is -0.476. The van der Waals surface area contributed by atoms with Gasteiger partial charge in [0, 0.05) is 26.2 Å². The van der Waals surface area contributed by atoms with Gasteiger partial charge < -0.3 is 14.8 Å². The van der Waals surface area contributed by atoms with Crippen molar-refractivity contribution >= 4 is 5.97 Å². The summed E-state index contributed by atoms with van der Waals surface area (Å²) in [7, 11) is 1.60. The van der Waals surface area contributed by atoms with Gasteiger partial charge in [0.2, 0.25) is 0 Å². The van der Waals surface area contributed by atoms with Crippen LogP contribution in [0.1, 0.15) is 12.8 Å². The van der Waals surface area contributed by atoms with Crippen LogP contribution in [0.4, 0.5) is 0 Å². The maximum atomic E-state index is 11.9. The van der Waals surface area contributed by atoms with Crippen LogP contribution < -0.4 is 10.6 Å². The van der Waals surface area contributed by atoms with Crippen molar-refractivity contribution in [2.24, 2.45) is 0 Å². The second-order valence-corrected chi connectivity index (χ2v) is 4.22. The van der Waals surface area contributed by atoms with Gasteiger partial charge >= 0.3 is 5.97 Å². The van der Waals surface area contributed by atoms with Gasteiger partial charge in [-0.15, -0.1) is 0 Å². The molecule has 0 aromatic rings. The Morgan fingerprint density at radius 3 is 3.20 bits per heavy atom. The van der Waals surface area contributed by atoms with Gasteiger partial charge in [-0.1, -0.05) is 0 Å². The van der Waals surface area contributed by atoms with E-state index < -0.39 is 5.54 Å². The second kappa shape index (κ2) is 4.47. The lowest BCUT2D eigenvalue weighted by molar-refractivity contribution is -0.152. The van der Waals surface area contributed by atoms with Gasteiger partial charge in [0.15, 0.2) is 0 Å². The van der Waals surface area contributed by atoms with Gasteiger partial charge in [0.25, 0.3) is 0 Å². The minimum Gasteiger partial charge on any atom is -0.462 e. The molecular formula is C10H18N2O3. The van der Waals surface area contributed by atoms with Crippen LogP contribution in [-0.4, -0.2) is 51.0 Å². The molecule has 2 heterocycles. The van der Waals surface area contributed by atoms with E-state index in [1.807, 2.05) is 0 Å². The molecule has 2 fully saturated rings. The average Bonchev–Trinajstić information content (AvgIpc) is 2.56. The fourth-order valence-corrected chi connectivity index (χ4v) is 2.30. The summed E-state index contributed by atoms with van der Waals surface area (Å²) < 4.78 is 10.0. The summed E-state index contributed by atoms with van der Waals surface area (Å²) in [5, 5.41) is 6.62. The molecule has 0 amide bonds. The lowest BCUT2D eigenvalue weighted by Crippen LogP contribution is -2.62. The van der Waals surface area contributed by atoms with E-state index in [2.05, 4.69) is 10.6 Å². The van der Waals surface area contributed by atoms with Crippen LogP contribution in [0.25, 0.3) is 0 Å². The third kappa shape index (κ3) is 2.14. The summed E-state index contributed by atoms with van der Waals surface area (Å²) in [6, 6.07) is 0.425. The zero-order chi connectivity index (χ0) is 10.7. The Kier molecular flexibility index (Phi) is 3.23. The first kappa shape index (κ1) is 10.9. The number of fused-ring (bicyclic) bond motifs is 2. The molecule has 5 heteroatoms. The monoisotopic (exact) mass is 214 g/mol. The molecule has 2 aliphatic heterocycles. The molecule has 2 N–H and O–H groups in total. The van der Waals surface area contributed by atoms with Gasteiger partial charge in [0.1, 0.15) is 12.1 Å². The van der Waals surface area contributed by atoms with Crippen molar-refractivity contribution in [1.82, 2.24) is 10.6 Å². The fraction of sp³-hybridized carbons (Fsp3) is 0.900. The van der Waals surface area contributed by atoms with Gasteiger partial charge in [0.05, 0.1) is 6.61 Å². The molecule has 2 bridgehead atoms. The maximum absolute atomic E-state index is 11.9. The van der Waals surface area contributed by atoms with Crippen molar-refractivity contribution < 1.29 is 14.3 Å². The topological polar surface area (TPSA) is 59.6 Å². The third-order valence-corrected chi connectivity index (χ3v) is 3.13. The molecule has 2 unspecified atom stereocenters. The molecule has 0 saturated carbocycles. The average molecular weight is 214 g/mol. The van der Waals surface area contributed by atoms with E-state index in [9.17, 15) is 4.79 Å². The number of rotatable bonds is 4. The van der Waals surface area contributed by atoms with E-state index in [-0.39, 0.29) is 5.97 Å². The summed E-state index contributed by atoms with van der Waals surface area (Å²) in [4.78, 5) is 11.9. The Balaban J connectivity index is 1.88. The number of piperazine rings is 1. The largest absolute Gasteiger partial charge is 0.462 e. The van der Waals surface area contributed by atoms with Gasteiger partial charge in [-0.05, 0) is 12.8 Å². The lowest BCUT2D eigenvalue weighted by atomic mass is 9.98. The highest BCUT2D eigenvalue weighted by Crippen LogP contribution is 2.27. The Morgan fingerprint density at radius 1 is 1.53 bits per heavy atom. The minimum absolute atomic E-state index is 0.144. The molecule has 0 spiro atoms. The molecule has 2 aliphatic rings. The smallest absolute Gasteiger partial charge is 0.327 e. The van der Waals surface area contributed by atoms with Crippen LogP contribution in [-0.2, 0) is 14.3 Å². The number of hydrogen-bond donors (Lipinski definition) is 2. The summed E-state index contributed by atoms with van der Waals surface area (Å²) in [6.45, 7) is 2.42. The second-order valence-electron chi connectivity index (χ2n) is 4.22. The molecule has 2 rings (SSSR count). The van der Waals surface area contributed by atoms with E-state index >= 15 is 0 Å². The van der Waals surface area contributed by atoms with E-state index in [0.717, 1.165) is 19.4 Å². The van der Waals surface area contributed by atoms with Crippen LogP contribution in [0.3, 0.4) is 0 Å². The fourth-order valence-electron chi connectivity index (χ4n) is 2.30. The van der Waals surface area contributed by atoms with E-state index in [4.69, 9.17) is 9.47 Å². The lowest BCUT2D eigenvalue weighted by Gasteiger charge is -2.32. The Morgan fingerprint density at radius 2 is 2.40 bits per heavy atom. The highest BCUT2D eigenvalue weighted by atomic mass is 16.6. The standard InChI is InChI=1S/C10H18N2O3/c1-14-4-5-15-9(13)10-3-2-8(12-10)6-11-7-10/h8,11-12H,2-7H2,1H3. The highest BCUT2D eigenvalue weighted by molar-refractivity contribution is 5.82. The normalized spacial score (nSPS) is 34.1. The maximum Gasteiger partial charge on any atom is 0.327 e.